The Morgan fingerprint density at radius 2 is 1.36 bits per heavy atom. The highest BCUT2D eigenvalue weighted by atomic mass is 19.4. The van der Waals surface area contributed by atoms with Crippen LogP contribution in [0.25, 0.3) is 0 Å². The minimum Gasteiger partial charge on any atom is -0.483 e. The van der Waals surface area contributed by atoms with Crippen LogP contribution in [-0.4, -0.2) is 16.4 Å². The number of benzene rings is 2. The molecule has 0 N–H and O–H groups in total. The molecule has 0 amide bonds. The van der Waals surface area contributed by atoms with Crippen molar-refractivity contribution >= 4 is 0 Å². The number of nitrogens with zero attached hydrogens (tertiary/aromatic N) is 2. The van der Waals surface area contributed by atoms with Gasteiger partial charge in [0, 0.05) is 12.0 Å². The van der Waals surface area contributed by atoms with Crippen LogP contribution in [0.5, 0.6) is 11.6 Å². The van der Waals surface area contributed by atoms with E-state index in [0.29, 0.717) is 0 Å². The monoisotopic (exact) mass is 384 g/mol. The molecule has 3 aromatic rings. The number of aromatic nitrogens is 2. The number of rotatable bonds is 6. The molecule has 0 saturated heterocycles. The van der Waals surface area contributed by atoms with Crippen LogP contribution in [0.15, 0.2) is 66.7 Å². The molecular formula is C21H15F3N2O2. The van der Waals surface area contributed by atoms with E-state index >= 15 is 0 Å². The SMILES string of the molecule is FC(F)(F)C#Cc1cc(OCc2ccccc2)c(OCc2ccccc2)nn1. The summed E-state index contributed by atoms with van der Waals surface area (Å²) in [5.74, 6) is 3.36. The molecule has 142 valence electrons. The molecule has 0 fully saturated rings. The van der Waals surface area contributed by atoms with E-state index in [1.807, 2.05) is 66.6 Å². The molecule has 0 saturated carbocycles. The van der Waals surface area contributed by atoms with Crippen molar-refractivity contribution in [3.63, 3.8) is 0 Å². The van der Waals surface area contributed by atoms with Crippen LogP contribution in [0.3, 0.4) is 0 Å². The highest BCUT2D eigenvalue weighted by Gasteiger charge is 2.23. The molecule has 3 rings (SSSR count). The molecule has 4 nitrogen and oxygen atoms in total. The molecule has 28 heavy (non-hydrogen) atoms. The van der Waals surface area contributed by atoms with Gasteiger partial charge in [-0.2, -0.15) is 13.2 Å². The fourth-order valence-electron chi connectivity index (χ4n) is 2.22. The molecular weight excluding hydrogens is 369 g/mol. The zero-order valence-electron chi connectivity index (χ0n) is 14.6. The Labute approximate surface area is 160 Å². The molecule has 0 aliphatic rings. The van der Waals surface area contributed by atoms with Gasteiger partial charge in [0.15, 0.2) is 5.75 Å². The van der Waals surface area contributed by atoms with Gasteiger partial charge in [-0.05, 0) is 17.0 Å². The van der Waals surface area contributed by atoms with E-state index in [0.717, 1.165) is 11.1 Å². The second kappa shape index (κ2) is 8.91. The Hall–Kier alpha value is -3.53. The number of hydrogen-bond donors (Lipinski definition) is 0. The molecule has 0 aliphatic heterocycles. The molecule has 1 aromatic heterocycles. The largest absolute Gasteiger partial charge is 0.483 e. The third kappa shape index (κ3) is 6.02. The van der Waals surface area contributed by atoms with Crippen LogP contribution >= 0.6 is 0 Å². The third-order valence-electron chi connectivity index (χ3n) is 3.52. The first-order chi connectivity index (χ1) is 13.5. The van der Waals surface area contributed by atoms with Crippen LogP contribution in [0, 0.1) is 11.8 Å². The summed E-state index contributed by atoms with van der Waals surface area (Å²) in [4.78, 5) is 0. The van der Waals surface area contributed by atoms with Crippen LogP contribution in [0.2, 0.25) is 0 Å². The number of ether oxygens (including phenoxy) is 2. The first-order valence-electron chi connectivity index (χ1n) is 8.31. The van der Waals surface area contributed by atoms with E-state index in [9.17, 15) is 13.2 Å². The average Bonchev–Trinajstić information content (AvgIpc) is 2.71. The Bertz CT molecular complexity index is 966. The van der Waals surface area contributed by atoms with Crippen molar-refractivity contribution in [3.05, 3.63) is 83.6 Å². The molecule has 7 heteroatoms. The standard InChI is InChI=1S/C21H15F3N2O2/c22-21(23,24)12-11-18-13-19(27-14-16-7-3-1-4-8-16)20(26-25-18)28-15-17-9-5-2-6-10-17/h1-10,13H,14-15H2. The van der Waals surface area contributed by atoms with Gasteiger partial charge in [-0.25, -0.2) is 0 Å². The summed E-state index contributed by atoms with van der Waals surface area (Å²) in [5.41, 5.74) is 1.63. The molecule has 0 unspecified atom stereocenters. The summed E-state index contributed by atoms with van der Waals surface area (Å²) in [7, 11) is 0. The molecule has 0 aliphatic carbocycles. The smallest absolute Gasteiger partial charge is 0.458 e. The zero-order valence-corrected chi connectivity index (χ0v) is 14.6. The maximum Gasteiger partial charge on any atom is 0.458 e. The van der Waals surface area contributed by atoms with Gasteiger partial charge in [0.25, 0.3) is 5.88 Å². The lowest BCUT2D eigenvalue weighted by atomic mass is 10.2. The van der Waals surface area contributed by atoms with Crippen LogP contribution in [0.4, 0.5) is 13.2 Å². The molecule has 2 aromatic carbocycles. The fraction of sp³-hybridized carbons (Fsp3) is 0.143. The van der Waals surface area contributed by atoms with E-state index in [-0.39, 0.29) is 30.5 Å². The molecule has 0 spiro atoms. The Kier molecular flexibility index (Phi) is 6.12. The highest BCUT2D eigenvalue weighted by molar-refractivity contribution is 5.40. The van der Waals surface area contributed by atoms with Gasteiger partial charge < -0.3 is 9.47 Å². The minimum atomic E-state index is -4.62. The summed E-state index contributed by atoms with van der Waals surface area (Å²) in [6.45, 7) is 0.408. The van der Waals surface area contributed by atoms with E-state index in [1.54, 1.807) is 0 Å². The summed E-state index contributed by atoms with van der Waals surface area (Å²) >= 11 is 0. The zero-order chi connectivity index (χ0) is 19.8. The van der Waals surface area contributed by atoms with Crippen LogP contribution in [-0.2, 0) is 13.2 Å². The van der Waals surface area contributed by atoms with E-state index in [1.165, 1.54) is 12.0 Å². The normalized spacial score (nSPS) is 10.7. The lowest BCUT2D eigenvalue weighted by Gasteiger charge is -2.11. The van der Waals surface area contributed by atoms with Crippen molar-refractivity contribution in [1.29, 1.82) is 0 Å². The molecule has 0 bridgehead atoms. The average molecular weight is 384 g/mol. The van der Waals surface area contributed by atoms with Crippen LogP contribution in [0.1, 0.15) is 16.8 Å². The highest BCUT2D eigenvalue weighted by Crippen LogP contribution is 2.26. The summed E-state index contributed by atoms with van der Waals surface area (Å²) in [6, 6.07) is 20.0. The molecule has 1 heterocycles. The van der Waals surface area contributed by atoms with Crippen molar-refractivity contribution < 1.29 is 22.6 Å². The van der Waals surface area contributed by atoms with Crippen LogP contribution < -0.4 is 9.47 Å². The van der Waals surface area contributed by atoms with Gasteiger partial charge in [0.05, 0.1) is 0 Å². The Morgan fingerprint density at radius 1 is 0.786 bits per heavy atom. The van der Waals surface area contributed by atoms with E-state index < -0.39 is 6.18 Å². The second-order valence-corrected chi connectivity index (χ2v) is 5.70. The van der Waals surface area contributed by atoms with Crippen molar-refractivity contribution in [2.75, 3.05) is 0 Å². The topological polar surface area (TPSA) is 44.2 Å². The minimum absolute atomic E-state index is 0.0809. The van der Waals surface area contributed by atoms with Crippen molar-refractivity contribution in [1.82, 2.24) is 10.2 Å². The van der Waals surface area contributed by atoms with Gasteiger partial charge in [-0.3, -0.25) is 0 Å². The predicted octanol–water partition coefficient (Wildman–Crippen LogP) is 4.55. The van der Waals surface area contributed by atoms with Crippen molar-refractivity contribution in [2.24, 2.45) is 0 Å². The quantitative estimate of drug-likeness (QED) is 0.585. The van der Waals surface area contributed by atoms with Gasteiger partial charge >= 0.3 is 6.18 Å². The third-order valence-corrected chi connectivity index (χ3v) is 3.52. The van der Waals surface area contributed by atoms with E-state index in [4.69, 9.17) is 9.47 Å². The Balaban J connectivity index is 1.80. The van der Waals surface area contributed by atoms with Gasteiger partial charge in [-0.1, -0.05) is 60.7 Å². The number of alkyl halides is 3. The molecule has 0 atom stereocenters. The number of hydrogen-bond acceptors (Lipinski definition) is 4. The van der Waals surface area contributed by atoms with Gasteiger partial charge in [0.2, 0.25) is 0 Å². The van der Waals surface area contributed by atoms with Gasteiger partial charge in [-0.15, -0.1) is 10.2 Å². The number of halogens is 3. The lowest BCUT2D eigenvalue weighted by Crippen LogP contribution is -2.05. The predicted molar refractivity (Wildman–Crippen MR) is 96.5 cm³/mol. The summed E-state index contributed by atoms with van der Waals surface area (Å²) < 4.78 is 48.3. The first kappa shape index (κ1) is 19.2. The van der Waals surface area contributed by atoms with Crippen molar-refractivity contribution in [3.8, 4) is 23.5 Å². The maximum absolute atomic E-state index is 12.3. The fourth-order valence-corrected chi connectivity index (χ4v) is 2.22. The second-order valence-electron chi connectivity index (χ2n) is 5.70. The molecule has 0 radical (unpaired) electrons. The summed E-state index contributed by atoms with van der Waals surface area (Å²) in [5, 5.41) is 7.52. The van der Waals surface area contributed by atoms with Crippen molar-refractivity contribution in [2.45, 2.75) is 19.4 Å². The summed E-state index contributed by atoms with van der Waals surface area (Å²) in [6.07, 6.45) is -4.62. The Morgan fingerprint density at radius 3 is 1.93 bits per heavy atom. The maximum atomic E-state index is 12.3. The van der Waals surface area contributed by atoms with Gasteiger partial charge in [0.1, 0.15) is 18.9 Å². The van der Waals surface area contributed by atoms with E-state index in [2.05, 4.69) is 10.2 Å². The lowest BCUT2D eigenvalue weighted by molar-refractivity contribution is -0.0696. The first-order valence-corrected chi connectivity index (χ1v) is 8.31.